The highest BCUT2D eigenvalue weighted by molar-refractivity contribution is 6.31. The standard InChI is InChI=1S/C21H20ClNO5/c1-26-10-11-28-19-17-12-15(22)8-9-16(17)20(24)23(18(19)21(25)27-2)13-14-6-4-3-5-7-14/h3-9,12H,10-11,13H2,1-2H3. The van der Waals surface area contributed by atoms with Crippen molar-refractivity contribution in [2.24, 2.45) is 0 Å². The summed E-state index contributed by atoms with van der Waals surface area (Å²) in [6.07, 6.45) is 0. The number of methoxy groups -OCH3 is 2. The van der Waals surface area contributed by atoms with E-state index < -0.39 is 5.97 Å². The molecule has 3 aromatic rings. The minimum Gasteiger partial charge on any atom is -0.488 e. The van der Waals surface area contributed by atoms with Crippen molar-refractivity contribution in [1.29, 1.82) is 0 Å². The van der Waals surface area contributed by atoms with Crippen molar-refractivity contribution in [1.82, 2.24) is 4.57 Å². The third kappa shape index (κ3) is 4.03. The quantitative estimate of drug-likeness (QED) is 0.447. The lowest BCUT2D eigenvalue weighted by Crippen LogP contribution is -2.29. The van der Waals surface area contributed by atoms with Gasteiger partial charge in [-0.15, -0.1) is 0 Å². The molecule has 7 heteroatoms. The normalized spacial score (nSPS) is 10.8. The highest BCUT2D eigenvalue weighted by Gasteiger charge is 2.24. The number of nitrogens with zero attached hydrogens (tertiary/aromatic N) is 1. The van der Waals surface area contributed by atoms with Crippen molar-refractivity contribution in [2.75, 3.05) is 27.4 Å². The smallest absolute Gasteiger partial charge is 0.358 e. The SMILES string of the molecule is COCCOc1c(C(=O)OC)n(Cc2ccccc2)c(=O)c2ccc(Cl)cc12. The van der Waals surface area contributed by atoms with Crippen molar-refractivity contribution in [3.8, 4) is 5.75 Å². The van der Waals surface area contributed by atoms with Crippen LogP contribution in [0.2, 0.25) is 5.02 Å². The first-order chi connectivity index (χ1) is 13.6. The van der Waals surface area contributed by atoms with E-state index in [1.165, 1.54) is 11.7 Å². The van der Waals surface area contributed by atoms with Gasteiger partial charge in [-0.3, -0.25) is 9.36 Å². The van der Waals surface area contributed by atoms with Crippen LogP contribution in [0.1, 0.15) is 16.1 Å². The number of carbonyl (C=O) groups is 1. The van der Waals surface area contributed by atoms with Crippen LogP contribution >= 0.6 is 11.6 Å². The fraction of sp³-hybridized carbons (Fsp3) is 0.238. The Hall–Kier alpha value is -2.83. The largest absolute Gasteiger partial charge is 0.488 e. The number of benzene rings is 2. The van der Waals surface area contributed by atoms with Gasteiger partial charge in [0, 0.05) is 17.5 Å². The van der Waals surface area contributed by atoms with E-state index in [2.05, 4.69) is 0 Å². The number of fused-ring (bicyclic) bond motifs is 1. The summed E-state index contributed by atoms with van der Waals surface area (Å²) in [5, 5.41) is 1.29. The Morgan fingerprint density at radius 1 is 1.04 bits per heavy atom. The Kier molecular flexibility index (Phi) is 6.34. The van der Waals surface area contributed by atoms with E-state index in [0.717, 1.165) is 5.56 Å². The van der Waals surface area contributed by atoms with E-state index >= 15 is 0 Å². The fourth-order valence-corrected chi connectivity index (χ4v) is 3.15. The van der Waals surface area contributed by atoms with Crippen LogP contribution < -0.4 is 10.3 Å². The Morgan fingerprint density at radius 2 is 1.79 bits per heavy atom. The number of ether oxygens (including phenoxy) is 3. The number of carbonyl (C=O) groups excluding carboxylic acids is 1. The predicted molar refractivity (Wildman–Crippen MR) is 107 cm³/mol. The van der Waals surface area contributed by atoms with Crippen molar-refractivity contribution in [3.63, 3.8) is 0 Å². The molecular weight excluding hydrogens is 382 g/mol. The molecule has 3 rings (SSSR count). The molecule has 0 spiro atoms. The lowest BCUT2D eigenvalue weighted by molar-refractivity contribution is 0.0579. The topological polar surface area (TPSA) is 66.8 Å². The zero-order chi connectivity index (χ0) is 20.1. The molecule has 0 saturated heterocycles. The summed E-state index contributed by atoms with van der Waals surface area (Å²) in [7, 11) is 2.82. The molecule has 28 heavy (non-hydrogen) atoms. The molecule has 0 aliphatic heterocycles. The number of pyridine rings is 1. The maximum Gasteiger partial charge on any atom is 0.358 e. The number of hydrogen-bond acceptors (Lipinski definition) is 5. The highest BCUT2D eigenvalue weighted by atomic mass is 35.5. The van der Waals surface area contributed by atoms with Gasteiger partial charge in [0.1, 0.15) is 6.61 Å². The number of hydrogen-bond donors (Lipinski definition) is 0. The average Bonchev–Trinajstić information content (AvgIpc) is 2.71. The lowest BCUT2D eigenvalue weighted by Gasteiger charge is -2.19. The van der Waals surface area contributed by atoms with E-state index in [-0.39, 0.29) is 30.2 Å². The molecule has 0 amide bonds. The molecule has 0 N–H and O–H groups in total. The van der Waals surface area contributed by atoms with Crippen LogP contribution in [-0.2, 0) is 16.0 Å². The summed E-state index contributed by atoms with van der Waals surface area (Å²) in [4.78, 5) is 25.8. The number of rotatable bonds is 7. The van der Waals surface area contributed by atoms with E-state index in [1.54, 1.807) is 25.3 Å². The summed E-state index contributed by atoms with van der Waals surface area (Å²) < 4.78 is 17.2. The molecule has 146 valence electrons. The van der Waals surface area contributed by atoms with Gasteiger partial charge in [0.2, 0.25) is 0 Å². The molecule has 0 aliphatic carbocycles. The van der Waals surface area contributed by atoms with E-state index in [1.807, 2.05) is 30.3 Å². The number of esters is 1. The van der Waals surface area contributed by atoms with E-state index in [9.17, 15) is 9.59 Å². The van der Waals surface area contributed by atoms with E-state index in [0.29, 0.717) is 22.4 Å². The Labute approximate surface area is 167 Å². The van der Waals surface area contributed by atoms with Crippen LogP contribution in [0, 0.1) is 0 Å². The summed E-state index contributed by atoms with van der Waals surface area (Å²) in [6, 6.07) is 14.3. The third-order valence-electron chi connectivity index (χ3n) is 4.28. The molecular formula is C21H20ClNO5. The monoisotopic (exact) mass is 401 g/mol. The molecule has 0 atom stereocenters. The maximum absolute atomic E-state index is 13.2. The molecule has 2 aromatic carbocycles. The predicted octanol–water partition coefficient (Wildman–Crippen LogP) is 3.52. The summed E-state index contributed by atoms with van der Waals surface area (Å²) in [5.74, 6) is -0.417. The second-order valence-corrected chi connectivity index (χ2v) is 6.51. The average molecular weight is 402 g/mol. The van der Waals surface area contributed by atoms with Crippen LogP contribution in [0.4, 0.5) is 0 Å². The summed E-state index contributed by atoms with van der Waals surface area (Å²) in [6.45, 7) is 0.718. The first-order valence-corrected chi connectivity index (χ1v) is 9.04. The lowest BCUT2D eigenvalue weighted by atomic mass is 10.1. The molecule has 0 radical (unpaired) electrons. The molecule has 0 bridgehead atoms. The van der Waals surface area contributed by atoms with E-state index in [4.69, 9.17) is 25.8 Å². The van der Waals surface area contributed by atoms with Crippen molar-refractivity contribution < 1.29 is 19.0 Å². The van der Waals surface area contributed by atoms with Gasteiger partial charge in [0.15, 0.2) is 11.4 Å². The molecule has 1 aromatic heterocycles. The number of aromatic nitrogens is 1. The molecule has 1 heterocycles. The zero-order valence-electron chi connectivity index (χ0n) is 15.6. The highest BCUT2D eigenvalue weighted by Crippen LogP contribution is 2.31. The van der Waals surface area contributed by atoms with Crippen molar-refractivity contribution in [2.45, 2.75) is 6.54 Å². The molecule has 0 aliphatic rings. The van der Waals surface area contributed by atoms with Gasteiger partial charge in [-0.05, 0) is 23.8 Å². The van der Waals surface area contributed by atoms with Gasteiger partial charge in [0.05, 0.1) is 25.6 Å². The van der Waals surface area contributed by atoms with Gasteiger partial charge in [-0.1, -0.05) is 41.9 Å². The molecule has 0 unspecified atom stereocenters. The first kappa shape index (κ1) is 19.9. The van der Waals surface area contributed by atoms with Gasteiger partial charge in [-0.25, -0.2) is 4.79 Å². The van der Waals surface area contributed by atoms with Crippen LogP contribution in [0.25, 0.3) is 10.8 Å². The van der Waals surface area contributed by atoms with Crippen LogP contribution in [0.5, 0.6) is 5.75 Å². The third-order valence-corrected chi connectivity index (χ3v) is 4.52. The molecule has 6 nitrogen and oxygen atoms in total. The number of halogens is 1. The zero-order valence-corrected chi connectivity index (χ0v) is 16.4. The molecule has 0 saturated carbocycles. The molecule has 0 fully saturated rings. The Morgan fingerprint density at radius 3 is 2.46 bits per heavy atom. The van der Waals surface area contributed by atoms with Gasteiger partial charge < -0.3 is 14.2 Å². The van der Waals surface area contributed by atoms with Gasteiger partial charge >= 0.3 is 5.97 Å². The minimum absolute atomic E-state index is 0.0437. The fourth-order valence-electron chi connectivity index (χ4n) is 2.98. The summed E-state index contributed by atoms with van der Waals surface area (Å²) >= 11 is 6.13. The van der Waals surface area contributed by atoms with Crippen molar-refractivity contribution >= 4 is 28.3 Å². The van der Waals surface area contributed by atoms with Gasteiger partial charge in [0.25, 0.3) is 5.56 Å². The Bertz CT molecular complexity index is 1050. The maximum atomic E-state index is 13.2. The summed E-state index contributed by atoms with van der Waals surface area (Å²) in [5.41, 5.74) is 0.586. The van der Waals surface area contributed by atoms with Crippen LogP contribution in [-0.4, -0.2) is 38.0 Å². The van der Waals surface area contributed by atoms with Crippen molar-refractivity contribution in [3.05, 3.63) is 75.2 Å². The minimum atomic E-state index is -0.665. The first-order valence-electron chi connectivity index (χ1n) is 8.67. The second kappa shape index (κ2) is 8.91. The van der Waals surface area contributed by atoms with Gasteiger partial charge in [-0.2, -0.15) is 0 Å². The van der Waals surface area contributed by atoms with Crippen LogP contribution in [0.15, 0.2) is 53.3 Å². The second-order valence-electron chi connectivity index (χ2n) is 6.08. The Balaban J connectivity index is 2.30. The van der Waals surface area contributed by atoms with Crippen LogP contribution in [0.3, 0.4) is 0 Å².